The molecule has 1 aliphatic heterocycles. The standard InChI is InChI=1S/C18H31N5O2/c1-19-18(20-9-4-11-25-17-8-12-24-14-17)21-13-15-7-10-23(22-15)16-5-2-3-6-16/h7,10,16-17H,2-6,8-9,11-14H2,1H3,(H2,19,20,21). The maximum absolute atomic E-state index is 5.76. The third-order valence-corrected chi connectivity index (χ3v) is 4.88. The van der Waals surface area contributed by atoms with Crippen LogP contribution in [-0.2, 0) is 16.0 Å². The van der Waals surface area contributed by atoms with E-state index in [1.165, 1.54) is 25.7 Å². The van der Waals surface area contributed by atoms with Crippen molar-refractivity contribution in [3.63, 3.8) is 0 Å². The number of ether oxygens (including phenoxy) is 2. The van der Waals surface area contributed by atoms with E-state index in [9.17, 15) is 0 Å². The minimum atomic E-state index is 0.285. The molecule has 0 bridgehead atoms. The average molecular weight is 349 g/mol. The van der Waals surface area contributed by atoms with Gasteiger partial charge in [-0.25, -0.2) is 0 Å². The zero-order chi connectivity index (χ0) is 17.3. The highest BCUT2D eigenvalue weighted by Crippen LogP contribution is 2.28. The zero-order valence-corrected chi connectivity index (χ0v) is 15.2. The Bertz CT molecular complexity index is 533. The molecule has 25 heavy (non-hydrogen) atoms. The van der Waals surface area contributed by atoms with Crippen molar-refractivity contribution in [2.24, 2.45) is 4.99 Å². The zero-order valence-electron chi connectivity index (χ0n) is 15.2. The second kappa shape index (κ2) is 9.77. The first-order valence-electron chi connectivity index (χ1n) is 9.53. The summed E-state index contributed by atoms with van der Waals surface area (Å²) in [4.78, 5) is 4.26. The maximum atomic E-state index is 5.76. The fraction of sp³-hybridized carbons (Fsp3) is 0.778. The highest BCUT2D eigenvalue weighted by molar-refractivity contribution is 5.79. The van der Waals surface area contributed by atoms with E-state index in [0.717, 1.165) is 50.9 Å². The molecular formula is C18H31N5O2. The molecule has 140 valence electrons. The van der Waals surface area contributed by atoms with Crippen LogP contribution in [0.5, 0.6) is 0 Å². The summed E-state index contributed by atoms with van der Waals surface area (Å²) < 4.78 is 13.2. The molecule has 2 fully saturated rings. The van der Waals surface area contributed by atoms with Crippen LogP contribution < -0.4 is 10.6 Å². The third kappa shape index (κ3) is 5.71. The van der Waals surface area contributed by atoms with Crippen molar-refractivity contribution in [2.45, 2.75) is 57.2 Å². The molecule has 7 nitrogen and oxygen atoms in total. The molecule has 1 unspecified atom stereocenters. The fourth-order valence-electron chi connectivity index (χ4n) is 3.41. The lowest BCUT2D eigenvalue weighted by molar-refractivity contribution is 0.0420. The van der Waals surface area contributed by atoms with Crippen LogP contribution >= 0.6 is 0 Å². The van der Waals surface area contributed by atoms with Gasteiger partial charge in [0.1, 0.15) is 0 Å². The van der Waals surface area contributed by atoms with E-state index in [1.807, 2.05) is 0 Å². The highest BCUT2D eigenvalue weighted by Gasteiger charge is 2.17. The van der Waals surface area contributed by atoms with Crippen molar-refractivity contribution in [3.8, 4) is 0 Å². The van der Waals surface area contributed by atoms with E-state index in [0.29, 0.717) is 12.6 Å². The molecule has 0 radical (unpaired) electrons. The summed E-state index contributed by atoms with van der Waals surface area (Å²) in [6, 6.07) is 2.69. The largest absolute Gasteiger partial charge is 0.379 e. The molecule has 1 aromatic rings. The summed E-state index contributed by atoms with van der Waals surface area (Å²) in [6.07, 6.45) is 9.52. The lowest BCUT2D eigenvalue weighted by atomic mass is 10.3. The first kappa shape index (κ1) is 18.2. The number of hydrogen-bond acceptors (Lipinski definition) is 4. The quantitative estimate of drug-likeness (QED) is 0.426. The molecule has 1 aromatic heterocycles. The lowest BCUT2D eigenvalue weighted by Gasteiger charge is -2.13. The Morgan fingerprint density at radius 2 is 2.24 bits per heavy atom. The number of guanidine groups is 1. The van der Waals surface area contributed by atoms with E-state index in [1.54, 1.807) is 7.05 Å². The molecule has 0 amide bonds. The van der Waals surface area contributed by atoms with Crippen LogP contribution in [0.4, 0.5) is 0 Å². The van der Waals surface area contributed by atoms with Crippen LogP contribution in [0.25, 0.3) is 0 Å². The molecule has 1 aliphatic carbocycles. The smallest absolute Gasteiger partial charge is 0.191 e. The molecule has 2 heterocycles. The predicted octanol–water partition coefficient (Wildman–Crippen LogP) is 1.86. The van der Waals surface area contributed by atoms with Crippen molar-refractivity contribution in [1.29, 1.82) is 0 Å². The number of nitrogens with one attached hydrogen (secondary N) is 2. The van der Waals surface area contributed by atoms with Gasteiger partial charge in [-0.3, -0.25) is 9.67 Å². The number of nitrogens with zero attached hydrogens (tertiary/aromatic N) is 3. The predicted molar refractivity (Wildman–Crippen MR) is 97.7 cm³/mol. The van der Waals surface area contributed by atoms with Crippen LogP contribution in [0.3, 0.4) is 0 Å². The third-order valence-electron chi connectivity index (χ3n) is 4.88. The number of aliphatic imine (C=N–C) groups is 1. The van der Waals surface area contributed by atoms with Crippen LogP contribution in [0.15, 0.2) is 17.3 Å². The average Bonchev–Trinajstić information content (AvgIpc) is 3.39. The maximum Gasteiger partial charge on any atom is 0.191 e. The van der Waals surface area contributed by atoms with Gasteiger partial charge in [-0.15, -0.1) is 0 Å². The fourth-order valence-corrected chi connectivity index (χ4v) is 3.41. The van der Waals surface area contributed by atoms with Gasteiger partial charge in [-0.05, 0) is 31.7 Å². The Kier molecular flexibility index (Phi) is 7.11. The summed E-state index contributed by atoms with van der Waals surface area (Å²) in [5.41, 5.74) is 1.06. The molecule has 3 rings (SSSR count). The van der Waals surface area contributed by atoms with E-state index >= 15 is 0 Å². The highest BCUT2D eigenvalue weighted by atomic mass is 16.5. The van der Waals surface area contributed by atoms with Crippen molar-refractivity contribution >= 4 is 5.96 Å². The van der Waals surface area contributed by atoms with E-state index in [-0.39, 0.29) is 6.10 Å². The van der Waals surface area contributed by atoms with Gasteiger partial charge >= 0.3 is 0 Å². The Morgan fingerprint density at radius 1 is 1.36 bits per heavy atom. The Balaban J connectivity index is 1.30. The van der Waals surface area contributed by atoms with E-state index in [2.05, 4.69) is 32.6 Å². The second-order valence-electron chi connectivity index (χ2n) is 6.79. The van der Waals surface area contributed by atoms with Crippen molar-refractivity contribution < 1.29 is 9.47 Å². The minimum Gasteiger partial charge on any atom is -0.379 e. The van der Waals surface area contributed by atoms with Gasteiger partial charge in [-0.1, -0.05) is 12.8 Å². The lowest BCUT2D eigenvalue weighted by Crippen LogP contribution is -2.37. The summed E-state index contributed by atoms with van der Waals surface area (Å²) in [5.74, 6) is 0.805. The van der Waals surface area contributed by atoms with Gasteiger partial charge in [0.05, 0.1) is 31.0 Å². The van der Waals surface area contributed by atoms with Crippen LogP contribution in [0.1, 0.15) is 50.3 Å². The molecule has 1 atom stereocenters. The van der Waals surface area contributed by atoms with Gasteiger partial charge in [0.25, 0.3) is 0 Å². The summed E-state index contributed by atoms with van der Waals surface area (Å²) in [5, 5.41) is 11.3. The number of aromatic nitrogens is 2. The Morgan fingerprint density at radius 3 is 3.00 bits per heavy atom. The summed E-state index contributed by atoms with van der Waals surface area (Å²) >= 11 is 0. The number of hydrogen-bond donors (Lipinski definition) is 2. The molecule has 1 saturated heterocycles. The molecular weight excluding hydrogens is 318 g/mol. The van der Waals surface area contributed by atoms with Gasteiger partial charge in [0.15, 0.2) is 5.96 Å². The van der Waals surface area contributed by atoms with Crippen LogP contribution in [-0.4, -0.2) is 55.3 Å². The SMILES string of the molecule is CN=C(NCCCOC1CCOC1)NCc1ccn(C2CCCC2)n1. The molecule has 2 N–H and O–H groups in total. The van der Waals surface area contributed by atoms with Crippen molar-refractivity contribution in [2.75, 3.05) is 33.4 Å². The number of rotatable bonds is 8. The molecule has 0 spiro atoms. The summed E-state index contributed by atoms with van der Waals surface area (Å²) in [6.45, 7) is 3.85. The summed E-state index contributed by atoms with van der Waals surface area (Å²) in [7, 11) is 1.79. The van der Waals surface area contributed by atoms with E-state index in [4.69, 9.17) is 14.6 Å². The molecule has 1 saturated carbocycles. The molecule has 2 aliphatic rings. The van der Waals surface area contributed by atoms with Crippen molar-refractivity contribution in [3.05, 3.63) is 18.0 Å². The Labute approximate surface area is 150 Å². The molecule has 0 aromatic carbocycles. The molecule has 7 heteroatoms. The van der Waals surface area contributed by atoms with Crippen LogP contribution in [0, 0.1) is 0 Å². The van der Waals surface area contributed by atoms with E-state index < -0.39 is 0 Å². The second-order valence-corrected chi connectivity index (χ2v) is 6.79. The van der Waals surface area contributed by atoms with Gasteiger partial charge in [0, 0.05) is 33.0 Å². The normalized spacial score (nSPS) is 21.8. The Hall–Kier alpha value is -1.60. The minimum absolute atomic E-state index is 0.285. The van der Waals surface area contributed by atoms with Gasteiger partial charge in [-0.2, -0.15) is 5.10 Å². The topological polar surface area (TPSA) is 72.7 Å². The monoisotopic (exact) mass is 349 g/mol. The van der Waals surface area contributed by atoms with Gasteiger partial charge < -0.3 is 20.1 Å². The van der Waals surface area contributed by atoms with Gasteiger partial charge in [0.2, 0.25) is 0 Å². The van der Waals surface area contributed by atoms with Crippen molar-refractivity contribution in [1.82, 2.24) is 20.4 Å². The van der Waals surface area contributed by atoms with Crippen LogP contribution in [0.2, 0.25) is 0 Å². The first-order valence-corrected chi connectivity index (χ1v) is 9.53. The first-order chi connectivity index (χ1) is 12.3.